The number of rotatable bonds is 13. The highest BCUT2D eigenvalue weighted by atomic mass is 127. The largest absolute Gasteiger partial charge is 0.394 e. The fourth-order valence-electron chi connectivity index (χ4n) is 2.52. The zero-order valence-corrected chi connectivity index (χ0v) is 20.7. The molecule has 34 heavy (non-hydrogen) atoms. The van der Waals surface area contributed by atoms with Crippen LogP contribution < -0.4 is 21.6 Å². The van der Waals surface area contributed by atoms with Crippen LogP contribution in [0.4, 0.5) is 18.9 Å². The number of hydrogen-bond donors (Lipinski definition) is 5. The Morgan fingerprint density at radius 2 is 1.91 bits per heavy atom. The summed E-state index contributed by atoms with van der Waals surface area (Å²) in [5.74, 6) is -4.58. The molecular formula is C21H26F3IN4O5. The Bertz CT molecular complexity index is 986. The molecule has 2 amide bonds. The van der Waals surface area contributed by atoms with Crippen molar-refractivity contribution in [1.29, 1.82) is 0 Å². The summed E-state index contributed by atoms with van der Waals surface area (Å²) in [7, 11) is 0. The molecule has 0 spiro atoms. The fraction of sp³-hybridized carbons (Fsp3) is 0.381. The molecule has 0 saturated carbocycles. The molecule has 1 aliphatic heterocycles. The molecule has 9 nitrogen and oxygen atoms in total. The molecule has 5 N–H and O–H groups in total. The number of carbonyl (C=O) groups is 2. The lowest BCUT2D eigenvalue weighted by Gasteiger charge is -2.17. The number of carbonyl (C=O) groups excluding carboxylic acids is 2. The minimum absolute atomic E-state index is 0.0590. The smallest absolute Gasteiger partial charge is 0.277 e. The second kappa shape index (κ2) is 14.2. The third kappa shape index (κ3) is 8.16. The van der Waals surface area contributed by atoms with Crippen LogP contribution >= 0.6 is 20.7 Å². The lowest BCUT2D eigenvalue weighted by molar-refractivity contribution is -0.124. The standard InChI is InChI=1S/C21H26F3IN4O5/c1-12(2)20(31)26-5-7-33-27-11-13-9-14(21(32)29-34-8-6-30)19(18(24)17(13)23)28-16-3-4-25-10-15(16)22/h3-4,9-10,12,27-28,30H,5-8,11H2,1-2H3,(H,26,31)(H,29,32). The van der Waals surface area contributed by atoms with E-state index in [2.05, 4.69) is 16.1 Å². The van der Waals surface area contributed by atoms with Gasteiger partial charge in [-0.2, -0.15) is 5.48 Å². The predicted molar refractivity (Wildman–Crippen MR) is 128 cm³/mol. The molecule has 188 valence electrons. The van der Waals surface area contributed by atoms with E-state index in [0.717, 1.165) is 6.07 Å². The van der Waals surface area contributed by atoms with Crippen molar-refractivity contribution in [3.8, 4) is 0 Å². The first-order chi connectivity index (χ1) is 16.3. The topological polar surface area (TPSA) is 121 Å². The molecule has 0 radical (unpaired) electrons. The van der Waals surface area contributed by atoms with Gasteiger partial charge in [-0.05, 0) is 16.2 Å². The quantitative estimate of drug-likeness (QED) is 0.134. The van der Waals surface area contributed by atoms with E-state index in [4.69, 9.17) is 14.8 Å². The number of hydrogen-bond acceptors (Lipinski definition) is 7. The zero-order chi connectivity index (χ0) is 25.1. The van der Waals surface area contributed by atoms with Gasteiger partial charge in [0.05, 0.1) is 36.8 Å². The molecular weight excluding hydrogens is 572 g/mol. The molecule has 0 atom stereocenters. The maximum Gasteiger partial charge on any atom is 0.277 e. The van der Waals surface area contributed by atoms with Gasteiger partial charge in [0.1, 0.15) is 0 Å². The lowest BCUT2D eigenvalue weighted by Crippen LogP contribution is -2.32. The number of allylic oxidation sites excluding steroid dienone is 2. The van der Waals surface area contributed by atoms with Gasteiger partial charge in [-0.3, -0.25) is 19.3 Å². The number of anilines is 1. The summed E-state index contributed by atoms with van der Waals surface area (Å²) in [5.41, 5.74) is 3.17. The van der Waals surface area contributed by atoms with Crippen molar-refractivity contribution in [1.82, 2.24) is 16.3 Å². The van der Waals surface area contributed by atoms with Gasteiger partial charge in [0.15, 0.2) is 17.5 Å². The van der Waals surface area contributed by atoms with Crippen molar-refractivity contribution in [3.63, 3.8) is 0 Å². The maximum absolute atomic E-state index is 15.0. The fourth-order valence-corrected chi connectivity index (χ4v) is 3.95. The minimum Gasteiger partial charge on any atom is -0.394 e. The second-order valence-electron chi connectivity index (χ2n) is 7.12. The Balaban J connectivity index is 2.17. The van der Waals surface area contributed by atoms with Crippen LogP contribution in [0.1, 0.15) is 29.8 Å². The lowest BCUT2D eigenvalue weighted by atomic mass is 10.1. The summed E-state index contributed by atoms with van der Waals surface area (Å²) in [6.45, 7) is 2.82. The SMILES string of the molecule is CC(C)C(=O)NCCONCc1cc(C(=O)NOCCO)c(NC2=C(F)C=IC=C2)c(F)c1F. The van der Waals surface area contributed by atoms with Crippen molar-refractivity contribution in [2.75, 3.05) is 31.7 Å². The highest BCUT2D eigenvalue weighted by molar-refractivity contribution is 14.2. The van der Waals surface area contributed by atoms with E-state index in [1.807, 2.05) is 5.48 Å². The van der Waals surface area contributed by atoms with Gasteiger partial charge >= 0.3 is 0 Å². The predicted octanol–water partition coefficient (Wildman–Crippen LogP) is 2.31. The van der Waals surface area contributed by atoms with Gasteiger partial charge in [0.2, 0.25) is 5.91 Å². The van der Waals surface area contributed by atoms with Gasteiger partial charge in [-0.25, -0.2) is 18.7 Å². The molecule has 1 aromatic rings. The molecule has 1 aliphatic rings. The first-order valence-electron chi connectivity index (χ1n) is 10.2. The zero-order valence-electron chi connectivity index (χ0n) is 18.5. The Morgan fingerprint density at radius 3 is 2.59 bits per heavy atom. The summed E-state index contributed by atoms with van der Waals surface area (Å²) in [6, 6.07) is 1.07. The highest BCUT2D eigenvalue weighted by Crippen LogP contribution is 2.29. The Labute approximate surface area is 204 Å². The Hall–Kier alpha value is -2.33. The van der Waals surface area contributed by atoms with E-state index < -0.39 is 49.8 Å². The van der Waals surface area contributed by atoms with E-state index >= 15 is 0 Å². The van der Waals surface area contributed by atoms with E-state index in [1.165, 1.54) is 10.1 Å². The van der Waals surface area contributed by atoms with Crippen molar-refractivity contribution < 1.29 is 37.5 Å². The number of benzene rings is 1. The van der Waals surface area contributed by atoms with Crippen LogP contribution in [0, 0.1) is 17.6 Å². The molecule has 13 heteroatoms. The summed E-state index contributed by atoms with van der Waals surface area (Å²) in [6.07, 6.45) is 1.39. The molecule has 1 heterocycles. The number of aliphatic hydroxyl groups is 1. The van der Waals surface area contributed by atoms with E-state index in [1.54, 1.807) is 17.9 Å². The van der Waals surface area contributed by atoms with E-state index in [-0.39, 0.29) is 61.6 Å². The molecule has 0 aromatic heterocycles. The minimum atomic E-state index is -1.40. The summed E-state index contributed by atoms with van der Waals surface area (Å²) in [5, 5.41) is 13.9. The van der Waals surface area contributed by atoms with Crippen molar-refractivity contribution >= 4 is 42.2 Å². The van der Waals surface area contributed by atoms with Crippen molar-refractivity contribution in [2.45, 2.75) is 20.4 Å². The normalized spacial score (nSPS) is 13.1. The van der Waals surface area contributed by atoms with E-state index in [0.29, 0.717) is 0 Å². The van der Waals surface area contributed by atoms with Gasteiger partial charge in [0, 0.05) is 28.6 Å². The van der Waals surface area contributed by atoms with Crippen molar-refractivity contribution in [3.05, 3.63) is 50.5 Å². The van der Waals surface area contributed by atoms with Gasteiger partial charge in [-0.15, -0.1) is 0 Å². The van der Waals surface area contributed by atoms with Gasteiger partial charge < -0.3 is 15.7 Å². The monoisotopic (exact) mass is 598 g/mol. The molecule has 2 rings (SSSR count). The molecule has 0 fully saturated rings. The molecule has 0 unspecified atom stereocenters. The highest BCUT2D eigenvalue weighted by Gasteiger charge is 2.24. The third-order valence-electron chi connectivity index (χ3n) is 4.26. The number of halogens is 4. The summed E-state index contributed by atoms with van der Waals surface area (Å²) in [4.78, 5) is 33.9. The average molecular weight is 598 g/mol. The molecule has 0 aliphatic carbocycles. The first kappa shape index (κ1) is 27.9. The van der Waals surface area contributed by atoms with Crippen LogP contribution in [0.15, 0.2) is 27.7 Å². The molecule has 0 saturated heterocycles. The summed E-state index contributed by atoms with van der Waals surface area (Å²) < 4.78 is 46.9. The van der Waals surface area contributed by atoms with Gasteiger partial charge in [-0.1, -0.05) is 34.6 Å². The van der Waals surface area contributed by atoms with Crippen LogP contribution in [0.2, 0.25) is 0 Å². The second-order valence-corrected chi connectivity index (χ2v) is 9.18. The van der Waals surface area contributed by atoms with Gasteiger partial charge in [0.25, 0.3) is 5.91 Å². The third-order valence-corrected chi connectivity index (χ3v) is 5.94. The maximum atomic E-state index is 15.0. The number of aliphatic hydroxyl groups excluding tert-OH is 1. The average Bonchev–Trinajstić information content (AvgIpc) is 2.81. The summed E-state index contributed by atoms with van der Waals surface area (Å²) >= 11 is -0.614. The van der Waals surface area contributed by atoms with Crippen LogP contribution in [-0.2, 0) is 21.0 Å². The Morgan fingerprint density at radius 1 is 1.15 bits per heavy atom. The molecule has 0 bridgehead atoms. The van der Waals surface area contributed by atoms with Crippen LogP contribution in [-0.4, -0.2) is 47.3 Å². The molecule has 1 aromatic carbocycles. The van der Waals surface area contributed by atoms with E-state index in [9.17, 15) is 22.8 Å². The van der Waals surface area contributed by atoms with Crippen molar-refractivity contribution in [2.24, 2.45) is 5.92 Å². The Kier molecular flexibility index (Phi) is 11.6. The van der Waals surface area contributed by atoms with Crippen LogP contribution in [0.3, 0.4) is 0 Å². The van der Waals surface area contributed by atoms with Crippen LogP contribution in [0.25, 0.3) is 0 Å². The first-order valence-corrected chi connectivity index (χ1v) is 12.7. The number of nitrogens with one attached hydrogen (secondary N) is 4. The number of amides is 2. The van der Waals surface area contributed by atoms with Crippen LogP contribution in [0.5, 0.6) is 0 Å². The number of hydroxylamine groups is 2.